The summed E-state index contributed by atoms with van der Waals surface area (Å²) < 4.78 is 5.59. The molecule has 1 aliphatic rings. The van der Waals surface area contributed by atoms with Crippen LogP contribution in [0.25, 0.3) is 11.1 Å². The Balaban J connectivity index is 1.37. The number of carbonyl (C=O) groups excluding carboxylic acids is 2. The van der Waals surface area contributed by atoms with Crippen molar-refractivity contribution >= 4 is 29.3 Å². The molecular formula is C26H27N3O5S. The van der Waals surface area contributed by atoms with E-state index in [1.807, 2.05) is 31.2 Å². The number of thiazole rings is 1. The van der Waals surface area contributed by atoms with E-state index < -0.39 is 24.0 Å². The van der Waals surface area contributed by atoms with Gasteiger partial charge in [0.05, 0.1) is 6.04 Å². The Labute approximate surface area is 207 Å². The van der Waals surface area contributed by atoms with Crippen molar-refractivity contribution in [1.82, 2.24) is 15.2 Å². The van der Waals surface area contributed by atoms with E-state index in [0.717, 1.165) is 22.3 Å². The molecule has 0 saturated carbocycles. The van der Waals surface area contributed by atoms with Crippen LogP contribution in [0.15, 0.2) is 53.9 Å². The second kappa shape index (κ2) is 10.7. The molecule has 2 aromatic carbocycles. The number of benzene rings is 2. The van der Waals surface area contributed by atoms with Crippen LogP contribution in [0.4, 0.5) is 4.79 Å². The molecule has 2 amide bonds. The zero-order valence-electron chi connectivity index (χ0n) is 19.6. The first-order valence-corrected chi connectivity index (χ1v) is 12.3. The highest BCUT2D eigenvalue weighted by atomic mass is 32.1. The number of ether oxygens (including phenoxy) is 1. The van der Waals surface area contributed by atoms with Gasteiger partial charge in [0.1, 0.15) is 23.9 Å². The lowest BCUT2D eigenvalue weighted by atomic mass is 9.98. The van der Waals surface area contributed by atoms with E-state index in [2.05, 4.69) is 34.6 Å². The summed E-state index contributed by atoms with van der Waals surface area (Å²) >= 11 is 1.23. The summed E-state index contributed by atoms with van der Waals surface area (Å²) in [6.07, 6.45) is 0.0661. The fourth-order valence-electron chi connectivity index (χ4n) is 4.31. The number of nitrogens with zero attached hydrogens (tertiary/aromatic N) is 2. The summed E-state index contributed by atoms with van der Waals surface area (Å²) in [6.45, 7) is 3.78. The second-order valence-electron chi connectivity index (χ2n) is 8.38. The molecule has 8 nitrogen and oxygen atoms in total. The number of aromatic nitrogens is 1. The molecule has 9 heteroatoms. The summed E-state index contributed by atoms with van der Waals surface area (Å²) in [7, 11) is 0. The van der Waals surface area contributed by atoms with Gasteiger partial charge < -0.3 is 20.1 Å². The van der Waals surface area contributed by atoms with E-state index >= 15 is 0 Å². The minimum absolute atomic E-state index is 0.0358. The fourth-order valence-corrected chi connectivity index (χ4v) is 5.11. The average molecular weight is 494 g/mol. The first-order chi connectivity index (χ1) is 16.9. The van der Waals surface area contributed by atoms with Crippen molar-refractivity contribution in [2.75, 3.05) is 19.7 Å². The minimum atomic E-state index is -1.08. The molecule has 0 saturated heterocycles. The topological polar surface area (TPSA) is 109 Å². The smallest absolute Gasteiger partial charge is 0.407 e. The number of rotatable bonds is 9. The molecule has 35 heavy (non-hydrogen) atoms. The van der Waals surface area contributed by atoms with Gasteiger partial charge in [0.2, 0.25) is 0 Å². The number of carbonyl (C=O) groups is 3. The molecule has 1 aliphatic carbocycles. The van der Waals surface area contributed by atoms with Crippen molar-refractivity contribution in [2.24, 2.45) is 0 Å². The van der Waals surface area contributed by atoms with E-state index in [9.17, 15) is 14.4 Å². The summed E-state index contributed by atoms with van der Waals surface area (Å²) in [5.74, 6) is -1.55. The number of aliphatic carboxylic acids is 1. The van der Waals surface area contributed by atoms with Crippen molar-refractivity contribution in [3.8, 4) is 11.1 Å². The Kier molecular flexibility index (Phi) is 7.45. The summed E-state index contributed by atoms with van der Waals surface area (Å²) in [4.78, 5) is 41.9. The maximum Gasteiger partial charge on any atom is 0.407 e. The van der Waals surface area contributed by atoms with Gasteiger partial charge in [-0.1, -0.05) is 55.5 Å². The lowest BCUT2D eigenvalue weighted by Gasteiger charge is -2.18. The molecule has 1 unspecified atom stereocenters. The molecule has 1 atom stereocenters. The molecule has 3 aromatic rings. The lowest BCUT2D eigenvalue weighted by Crippen LogP contribution is -2.36. The van der Waals surface area contributed by atoms with Crippen LogP contribution in [0.5, 0.6) is 0 Å². The Bertz CT molecular complexity index is 1200. The molecule has 4 rings (SSSR count). The van der Waals surface area contributed by atoms with Gasteiger partial charge in [0.15, 0.2) is 0 Å². The Morgan fingerprint density at radius 2 is 1.74 bits per heavy atom. The third kappa shape index (κ3) is 5.35. The van der Waals surface area contributed by atoms with Crippen molar-refractivity contribution in [1.29, 1.82) is 0 Å². The van der Waals surface area contributed by atoms with Gasteiger partial charge >= 0.3 is 12.1 Å². The minimum Gasteiger partial charge on any atom is -0.480 e. The van der Waals surface area contributed by atoms with Crippen LogP contribution in [0.3, 0.4) is 0 Å². The Morgan fingerprint density at radius 1 is 1.11 bits per heavy atom. The molecular weight excluding hydrogens is 466 g/mol. The lowest BCUT2D eigenvalue weighted by molar-refractivity contribution is -0.137. The maximum atomic E-state index is 12.7. The van der Waals surface area contributed by atoms with Gasteiger partial charge in [-0.25, -0.2) is 9.78 Å². The molecule has 0 fully saturated rings. The summed E-state index contributed by atoms with van der Waals surface area (Å²) in [5, 5.41) is 14.0. The Hall–Kier alpha value is -3.72. The number of carboxylic acids is 1. The molecule has 182 valence electrons. The molecule has 1 heterocycles. The predicted molar refractivity (Wildman–Crippen MR) is 133 cm³/mol. The van der Waals surface area contributed by atoms with Gasteiger partial charge in [0.25, 0.3) is 5.91 Å². The number of fused-ring (bicyclic) bond motifs is 3. The van der Waals surface area contributed by atoms with Crippen LogP contribution >= 0.6 is 11.3 Å². The third-order valence-electron chi connectivity index (χ3n) is 5.90. The van der Waals surface area contributed by atoms with E-state index in [1.54, 1.807) is 12.3 Å². The van der Waals surface area contributed by atoms with Crippen LogP contribution in [0.1, 0.15) is 58.9 Å². The normalized spacial score (nSPS) is 13.0. The number of alkyl carbamates (subject to hydrolysis) is 1. The van der Waals surface area contributed by atoms with Gasteiger partial charge in [-0.15, -0.1) is 11.3 Å². The summed E-state index contributed by atoms with van der Waals surface area (Å²) in [6, 6.07) is 15.8. The number of amides is 2. The van der Waals surface area contributed by atoms with E-state index in [-0.39, 0.29) is 24.8 Å². The van der Waals surface area contributed by atoms with E-state index in [0.29, 0.717) is 18.0 Å². The zero-order chi connectivity index (χ0) is 24.9. The summed E-state index contributed by atoms with van der Waals surface area (Å²) in [5.41, 5.74) is 4.75. The molecule has 0 radical (unpaired) electrons. The van der Waals surface area contributed by atoms with Crippen molar-refractivity contribution < 1.29 is 24.2 Å². The van der Waals surface area contributed by atoms with Gasteiger partial charge in [-0.3, -0.25) is 9.59 Å². The third-order valence-corrected chi connectivity index (χ3v) is 6.92. The highest BCUT2D eigenvalue weighted by Gasteiger charge is 2.29. The first kappa shape index (κ1) is 24.4. The van der Waals surface area contributed by atoms with Crippen LogP contribution in [0.2, 0.25) is 0 Å². The number of hydrogen-bond donors (Lipinski definition) is 2. The molecule has 1 aromatic heterocycles. The number of hydrogen-bond acceptors (Lipinski definition) is 6. The van der Waals surface area contributed by atoms with Gasteiger partial charge in [-0.05, 0) is 35.6 Å². The quantitative estimate of drug-likeness (QED) is 0.448. The predicted octanol–water partition coefficient (Wildman–Crippen LogP) is 4.68. The second-order valence-corrected chi connectivity index (χ2v) is 9.27. The molecule has 0 spiro atoms. The highest BCUT2D eigenvalue weighted by molar-refractivity contribution is 7.09. The van der Waals surface area contributed by atoms with Gasteiger partial charge in [0, 0.05) is 17.8 Å². The number of carboxylic acid groups (broad SMARTS) is 1. The molecule has 2 N–H and O–H groups in total. The van der Waals surface area contributed by atoms with Gasteiger partial charge in [-0.2, -0.15) is 0 Å². The first-order valence-electron chi connectivity index (χ1n) is 11.5. The van der Waals surface area contributed by atoms with Crippen molar-refractivity contribution in [2.45, 2.75) is 32.2 Å². The van der Waals surface area contributed by atoms with Crippen molar-refractivity contribution in [3.63, 3.8) is 0 Å². The maximum absolute atomic E-state index is 12.7. The fraction of sp³-hybridized carbons (Fsp3) is 0.308. The Morgan fingerprint density at radius 3 is 2.34 bits per heavy atom. The monoisotopic (exact) mass is 493 g/mol. The van der Waals surface area contributed by atoms with Crippen LogP contribution < -0.4 is 5.32 Å². The molecule has 0 bridgehead atoms. The largest absolute Gasteiger partial charge is 0.480 e. The SMILES string of the molecule is CCCN(CC(=O)O)C(=O)c1csc(C(C)NC(=O)OCC2c3ccccc3-c3ccccc32)n1. The average Bonchev–Trinajstić information content (AvgIpc) is 3.46. The van der Waals surface area contributed by atoms with Crippen LogP contribution in [-0.4, -0.2) is 52.7 Å². The van der Waals surface area contributed by atoms with E-state index in [4.69, 9.17) is 9.84 Å². The van der Waals surface area contributed by atoms with Crippen LogP contribution in [-0.2, 0) is 9.53 Å². The van der Waals surface area contributed by atoms with E-state index in [1.165, 1.54) is 16.2 Å². The highest BCUT2D eigenvalue weighted by Crippen LogP contribution is 2.44. The zero-order valence-corrected chi connectivity index (χ0v) is 20.4. The van der Waals surface area contributed by atoms with Crippen LogP contribution in [0, 0.1) is 0 Å². The molecule has 0 aliphatic heterocycles. The standard InChI is InChI=1S/C26H27N3O5S/c1-3-12-29(13-23(30)31)25(32)22-15-35-24(28-22)16(2)27-26(33)34-14-21-19-10-6-4-8-17(19)18-9-5-7-11-20(18)21/h4-11,15-16,21H,3,12-14H2,1-2H3,(H,27,33)(H,30,31). The number of nitrogens with one attached hydrogen (secondary N) is 1. The van der Waals surface area contributed by atoms with Crippen molar-refractivity contribution in [3.05, 3.63) is 75.7 Å².